The number of nitrogens with one attached hydrogen (secondary N) is 2. The van der Waals surface area contributed by atoms with E-state index < -0.39 is 11.9 Å². The van der Waals surface area contributed by atoms with E-state index in [9.17, 15) is 14.4 Å². The first-order chi connectivity index (χ1) is 6.63. The number of methoxy groups -OCH3 is 1. The average Bonchev–Trinajstić information content (AvgIpc) is 2.20. The molecule has 1 aromatic heterocycles. The van der Waals surface area contributed by atoms with Gasteiger partial charge in [0.1, 0.15) is 0 Å². The summed E-state index contributed by atoms with van der Waals surface area (Å²) in [5.41, 5.74) is 0.0288. The molecular weight excluding hydrogens is 188 g/mol. The third kappa shape index (κ3) is 2.44. The largest absolute Gasteiger partial charge is 0.462 e. The Morgan fingerprint density at radius 2 is 2.14 bits per heavy atom. The first-order valence-corrected chi connectivity index (χ1v) is 3.71. The average molecular weight is 196 g/mol. The molecule has 1 amide bonds. The molecule has 0 atom stereocenters. The molecular formula is C8H8N2O4. The number of carbonyl (C=O) groups excluding carboxylic acids is 2. The summed E-state index contributed by atoms with van der Waals surface area (Å²) in [7, 11) is 1.11. The number of rotatable bonds is 1. The van der Waals surface area contributed by atoms with Crippen LogP contribution in [-0.2, 0) is 14.3 Å². The summed E-state index contributed by atoms with van der Waals surface area (Å²) >= 11 is 0. The highest BCUT2D eigenvalue weighted by Gasteiger charge is 2.13. The van der Waals surface area contributed by atoms with Crippen LogP contribution in [0.5, 0.6) is 0 Å². The van der Waals surface area contributed by atoms with E-state index in [1.54, 1.807) is 0 Å². The van der Waals surface area contributed by atoms with Crippen LogP contribution in [0.2, 0.25) is 0 Å². The first kappa shape index (κ1) is 9.97. The van der Waals surface area contributed by atoms with Gasteiger partial charge in [0.05, 0.1) is 12.8 Å². The molecule has 2 N–H and O–H groups in total. The number of carbonyl (C=O) groups is 2. The minimum absolute atomic E-state index is 0.291. The van der Waals surface area contributed by atoms with Crippen molar-refractivity contribution in [1.82, 2.24) is 4.98 Å². The summed E-state index contributed by atoms with van der Waals surface area (Å²) in [5.74, 6) is -1.88. The molecule has 0 aliphatic heterocycles. The molecule has 0 aromatic carbocycles. The van der Waals surface area contributed by atoms with Crippen LogP contribution >= 0.6 is 0 Å². The molecule has 1 heterocycles. The second-order valence-electron chi connectivity index (χ2n) is 2.39. The van der Waals surface area contributed by atoms with Crippen molar-refractivity contribution in [3.05, 3.63) is 28.7 Å². The van der Waals surface area contributed by atoms with E-state index >= 15 is 0 Å². The van der Waals surface area contributed by atoms with Gasteiger partial charge in [-0.25, -0.2) is 4.79 Å². The van der Waals surface area contributed by atoms with Gasteiger partial charge in [-0.3, -0.25) is 9.59 Å². The topological polar surface area (TPSA) is 88.3 Å². The Morgan fingerprint density at radius 3 is 2.64 bits per heavy atom. The molecule has 1 aromatic rings. The molecule has 6 heteroatoms. The van der Waals surface area contributed by atoms with Crippen molar-refractivity contribution in [1.29, 1.82) is 0 Å². The molecule has 0 bridgehead atoms. The number of amides is 1. The standard InChI is InChI=1S/C8H8N2O4/c1-14-8(13)7(12)10-5-2-3-6(11)9-4-5/h2-4H,1H3,(H,9,11)(H,10,12). The summed E-state index contributed by atoms with van der Waals surface area (Å²) < 4.78 is 4.19. The third-order valence-corrected chi connectivity index (χ3v) is 1.41. The molecule has 14 heavy (non-hydrogen) atoms. The number of aromatic amines is 1. The second-order valence-corrected chi connectivity index (χ2v) is 2.39. The van der Waals surface area contributed by atoms with E-state index in [1.807, 2.05) is 0 Å². The quantitative estimate of drug-likeness (QED) is 0.467. The fraction of sp³-hybridized carbons (Fsp3) is 0.125. The number of hydrogen-bond acceptors (Lipinski definition) is 4. The van der Waals surface area contributed by atoms with Gasteiger partial charge in [-0.05, 0) is 6.07 Å². The zero-order valence-corrected chi connectivity index (χ0v) is 7.37. The maximum absolute atomic E-state index is 11.0. The Hall–Kier alpha value is -2.11. The molecule has 0 saturated heterocycles. The Balaban J connectivity index is 2.70. The molecule has 0 spiro atoms. The second kappa shape index (κ2) is 4.22. The number of ether oxygens (including phenoxy) is 1. The molecule has 0 saturated carbocycles. The Bertz CT molecular complexity index is 390. The lowest BCUT2D eigenvalue weighted by Crippen LogP contribution is -2.24. The summed E-state index contributed by atoms with van der Waals surface area (Å²) in [5, 5.41) is 2.24. The van der Waals surface area contributed by atoms with Crippen LogP contribution in [-0.4, -0.2) is 24.0 Å². The summed E-state index contributed by atoms with van der Waals surface area (Å²) in [6, 6.07) is 2.60. The van der Waals surface area contributed by atoms with E-state index in [0.29, 0.717) is 5.69 Å². The third-order valence-electron chi connectivity index (χ3n) is 1.41. The number of pyridine rings is 1. The van der Waals surface area contributed by atoms with E-state index in [-0.39, 0.29) is 5.56 Å². The van der Waals surface area contributed by atoms with Gasteiger partial charge in [-0.15, -0.1) is 0 Å². The van der Waals surface area contributed by atoms with Gasteiger partial charge >= 0.3 is 11.9 Å². The fourth-order valence-electron chi connectivity index (χ4n) is 0.763. The molecule has 0 aliphatic rings. The van der Waals surface area contributed by atoms with Crippen LogP contribution < -0.4 is 10.9 Å². The van der Waals surface area contributed by atoms with E-state index in [4.69, 9.17) is 0 Å². The van der Waals surface area contributed by atoms with Crippen LogP contribution in [0.25, 0.3) is 0 Å². The van der Waals surface area contributed by atoms with Gasteiger partial charge in [0.2, 0.25) is 5.56 Å². The lowest BCUT2D eigenvalue weighted by atomic mass is 10.4. The number of esters is 1. The highest BCUT2D eigenvalue weighted by Crippen LogP contribution is 2.00. The number of H-pyrrole nitrogens is 1. The molecule has 74 valence electrons. The van der Waals surface area contributed by atoms with E-state index in [1.165, 1.54) is 18.3 Å². The Morgan fingerprint density at radius 1 is 1.43 bits per heavy atom. The molecule has 0 fully saturated rings. The molecule has 0 radical (unpaired) electrons. The lowest BCUT2D eigenvalue weighted by Gasteiger charge is -2.01. The smallest absolute Gasteiger partial charge is 0.396 e. The monoisotopic (exact) mass is 196 g/mol. The number of hydrogen-bond donors (Lipinski definition) is 2. The summed E-state index contributed by atoms with van der Waals surface area (Å²) in [6.45, 7) is 0. The van der Waals surface area contributed by atoms with Crippen molar-refractivity contribution >= 4 is 17.6 Å². The minimum Gasteiger partial charge on any atom is -0.462 e. The van der Waals surface area contributed by atoms with Crippen LogP contribution in [0, 0.1) is 0 Å². The predicted molar refractivity (Wildman–Crippen MR) is 47.7 cm³/mol. The number of anilines is 1. The van der Waals surface area contributed by atoms with Crippen LogP contribution in [0.1, 0.15) is 0 Å². The van der Waals surface area contributed by atoms with Crippen molar-refractivity contribution in [2.24, 2.45) is 0 Å². The molecule has 0 aliphatic carbocycles. The van der Waals surface area contributed by atoms with Crippen LogP contribution in [0.15, 0.2) is 23.1 Å². The van der Waals surface area contributed by atoms with Gasteiger partial charge in [-0.1, -0.05) is 0 Å². The van der Waals surface area contributed by atoms with Gasteiger partial charge in [0.15, 0.2) is 0 Å². The minimum atomic E-state index is -0.990. The lowest BCUT2D eigenvalue weighted by molar-refractivity contribution is -0.150. The maximum Gasteiger partial charge on any atom is 0.396 e. The molecule has 6 nitrogen and oxygen atoms in total. The zero-order chi connectivity index (χ0) is 10.6. The van der Waals surface area contributed by atoms with Crippen molar-refractivity contribution in [2.45, 2.75) is 0 Å². The first-order valence-electron chi connectivity index (χ1n) is 3.71. The normalized spacial score (nSPS) is 9.21. The van der Waals surface area contributed by atoms with Gasteiger partial charge in [0, 0.05) is 12.3 Å². The highest BCUT2D eigenvalue weighted by atomic mass is 16.5. The molecule has 1 rings (SSSR count). The predicted octanol–water partition coefficient (Wildman–Crippen LogP) is -0.514. The van der Waals surface area contributed by atoms with Crippen LogP contribution in [0.4, 0.5) is 5.69 Å². The fourth-order valence-corrected chi connectivity index (χ4v) is 0.763. The van der Waals surface area contributed by atoms with Crippen molar-refractivity contribution in [2.75, 3.05) is 12.4 Å². The molecule has 0 unspecified atom stereocenters. The van der Waals surface area contributed by atoms with Crippen LogP contribution in [0.3, 0.4) is 0 Å². The summed E-state index contributed by atoms with van der Waals surface area (Å²) in [4.78, 5) is 34.6. The van der Waals surface area contributed by atoms with E-state index in [0.717, 1.165) is 7.11 Å². The SMILES string of the molecule is COC(=O)C(=O)Nc1ccc(=O)[nH]c1. The number of aromatic nitrogens is 1. The Kier molecular flexibility index (Phi) is 3.01. The van der Waals surface area contributed by atoms with Gasteiger partial charge in [-0.2, -0.15) is 0 Å². The Labute approximate surface area is 78.9 Å². The van der Waals surface area contributed by atoms with Gasteiger partial charge < -0.3 is 15.0 Å². The highest BCUT2D eigenvalue weighted by molar-refractivity contribution is 6.37. The van der Waals surface area contributed by atoms with Gasteiger partial charge in [0.25, 0.3) is 0 Å². The van der Waals surface area contributed by atoms with Crippen molar-refractivity contribution in [3.8, 4) is 0 Å². The van der Waals surface area contributed by atoms with E-state index in [2.05, 4.69) is 15.0 Å². The zero-order valence-electron chi connectivity index (χ0n) is 7.37. The van der Waals surface area contributed by atoms with Crippen molar-refractivity contribution in [3.63, 3.8) is 0 Å². The maximum atomic E-state index is 11.0. The van der Waals surface area contributed by atoms with Crippen molar-refractivity contribution < 1.29 is 14.3 Å². The summed E-state index contributed by atoms with van der Waals surface area (Å²) in [6.07, 6.45) is 1.28.